The predicted octanol–water partition coefficient (Wildman–Crippen LogP) is 1.87. The van der Waals surface area contributed by atoms with Crippen LogP contribution in [-0.4, -0.2) is 29.3 Å². The number of aliphatic imine (C=N–C) groups is 1. The number of anilines is 1. The van der Waals surface area contributed by atoms with Gasteiger partial charge in [0.1, 0.15) is 5.88 Å². The molecule has 1 aromatic carbocycles. The van der Waals surface area contributed by atoms with E-state index in [1.54, 1.807) is 11.8 Å². The highest BCUT2D eigenvalue weighted by Gasteiger charge is 2.17. The molecule has 6 heteroatoms. The Morgan fingerprint density at radius 2 is 2.24 bits per heavy atom. The van der Waals surface area contributed by atoms with Gasteiger partial charge < -0.3 is 0 Å². The van der Waals surface area contributed by atoms with E-state index in [1.807, 2.05) is 30.3 Å². The number of carbonyl (C=O) groups excluding carboxylic acids is 1. The summed E-state index contributed by atoms with van der Waals surface area (Å²) in [6.07, 6.45) is 0. The van der Waals surface area contributed by atoms with Gasteiger partial charge in [-0.25, -0.2) is 5.01 Å². The number of rotatable bonds is 2. The molecule has 0 unspecified atom stereocenters. The van der Waals surface area contributed by atoms with Gasteiger partial charge in [-0.2, -0.15) is 0 Å². The van der Waals surface area contributed by atoms with Crippen molar-refractivity contribution in [2.45, 2.75) is 0 Å². The van der Waals surface area contributed by atoms with Crippen LogP contribution in [0.5, 0.6) is 0 Å². The summed E-state index contributed by atoms with van der Waals surface area (Å²) in [7, 11) is 0. The molecular weight excluding hydrogens is 258 g/mol. The van der Waals surface area contributed by atoms with Crippen LogP contribution in [-0.2, 0) is 4.79 Å². The molecule has 0 spiro atoms. The van der Waals surface area contributed by atoms with E-state index in [0.717, 1.165) is 23.2 Å². The SMILES string of the molecule is O=C(CCl)N(NC1=NCCS1)c1ccccc1. The van der Waals surface area contributed by atoms with E-state index in [9.17, 15) is 4.79 Å². The molecule has 0 aromatic heterocycles. The quantitative estimate of drug-likeness (QED) is 0.658. The molecule has 0 saturated heterocycles. The summed E-state index contributed by atoms with van der Waals surface area (Å²) in [5, 5.41) is 2.19. The third-order valence-electron chi connectivity index (χ3n) is 2.17. The van der Waals surface area contributed by atoms with Crippen molar-refractivity contribution in [1.82, 2.24) is 5.43 Å². The Labute approximate surface area is 109 Å². The molecule has 0 atom stereocenters. The fourth-order valence-electron chi connectivity index (χ4n) is 1.41. The van der Waals surface area contributed by atoms with Crippen LogP contribution in [0.3, 0.4) is 0 Å². The van der Waals surface area contributed by atoms with Crippen molar-refractivity contribution in [3.8, 4) is 0 Å². The number of carbonyl (C=O) groups is 1. The van der Waals surface area contributed by atoms with E-state index in [-0.39, 0.29) is 11.8 Å². The smallest absolute Gasteiger partial charge is 0.260 e. The number of halogens is 1. The molecule has 17 heavy (non-hydrogen) atoms. The standard InChI is InChI=1S/C11H12ClN3OS/c12-8-10(16)15(9-4-2-1-3-5-9)14-11-13-6-7-17-11/h1-5H,6-8H2,(H,13,14). The molecule has 2 rings (SSSR count). The lowest BCUT2D eigenvalue weighted by molar-refractivity contribution is -0.116. The first kappa shape index (κ1) is 12.3. The zero-order valence-electron chi connectivity index (χ0n) is 9.10. The molecule has 90 valence electrons. The van der Waals surface area contributed by atoms with Gasteiger partial charge in [-0.3, -0.25) is 15.2 Å². The summed E-state index contributed by atoms with van der Waals surface area (Å²) in [4.78, 5) is 16.0. The second-order valence-electron chi connectivity index (χ2n) is 3.35. The Balaban J connectivity index is 2.16. The van der Waals surface area contributed by atoms with Crippen molar-refractivity contribution in [1.29, 1.82) is 0 Å². The van der Waals surface area contributed by atoms with Gasteiger partial charge >= 0.3 is 0 Å². The number of thioether (sulfide) groups is 1. The minimum atomic E-state index is -0.201. The first-order chi connectivity index (χ1) is 8.31. The number of alkyl halides is 1. The van der Waals surface area contributed by atoms with E-state index in [1.165, 1.54) is 5.01 Å². The van der Waals surface area contributed by atoms with Gasteiger partial charge in [0.05, 0.1) is 12.2 Å². The van der Waals surface area contributed by atoms with Crippen LogP contribution in [0.2, 0.25) is 0 Å². The molecule has 4 nitrogen and oxygen atoms in total. The molecule has 1 aliphatic rings. The normalized spacial score (nSPS) is 14.3. The summed E-state index contributed by atoms with van der Waals surface area (Å²) in [5.74, 6) is 0.674. The zero-order chi connectivity index (χ0) is 12.1. The number of hydrogen-bond donors (Lipinski definition) is 1. The van der Waals surface area contributed by atoms with Gasteiger partial charge in [0.15, 0.2) is 5.17 Å². The van der Waals surface area contributed by atoms with Crippen molar-refractivity contribution in [2.75, 3.05) is 23.2 Å². The average Bonchev–Trinajstić information content (AvgIpc) is 2.89. The Bertz CT molecular complexity index is 424. The second kappa shape index (κ2) is 5.93. The van der Waals surface area contributed by atoms with E-state index in [0.29, 0.717) is 0 Å². The van der Waals surface area contributed by atoms with Crippen molar-refractivity contribution in [2.24, 2.45) is 4.99 Å². The summed E-state index contributed by atoms with van der Waals surface area (Å²) < 4.78 is 0. The molecule has 0 aliphatic carbocycles. The molecule has 1 aromatic rings. The van der Waals surface area contributed by atoms with Gasteiger partial charge in [-0.05, 0) is 12.1 Å². The van der Waals surface area contributed by atoms with Crippen LogP contribution in [0.15, 0.2) is 35.3 Å². The van der Waals surface area contributed by atoms with Gasteiger partial charge in [-0.15, -0.1) is 11.6 Å². The molecule has 0 fully saturated rings. The molecule has 1 heterocycles. The van der Waals surface area contributed by atoms with Crippen LogP contribution in [0.1, 0.15) is 0 Å². The lowest BCUT2D eigenvalue weighted by Crippen LogP contribution is -2.46. The highest BCUT2D eigenvalue weighted by Crippen LogP contribution is 2.15. The van der Waals surface area contributed by atoms with Gasteiger partial charge in [0, 0.05) is 5.75 Å². The monoisotopic (exact) mass is 269 g/mol. The van der Waals surface area contributed by atoms with E-state index in [2.05, 4.69) is 10.4 Å². The summed E-state index contributed by atoms with van der Waals surface area (Å²) >= 11 is 7.20. The number of nitrogens with zero attached hydrogens (tertiary/aromatic N) is 2. The van der Waals surface area contributed by atoms with Gasteiger partial charge in [0.25, 0.3) is 5.91 Å². The van der Waals surface area contributed by atoms with Crippen LogP contribution in [0, 0.1) is 0 Å². The largest absolute Gasteiger partial charge is 0.271 e. The third-order valence-corrected chi connectivity index (χ3v) is 3.28. The zero-order valence-corrected chi connectivity index (χ0v) is 10.7. The Morgan fingerprint density at radius 3 is 2.82 bits per heavy atom. The van der Waals surface area contributed by atoms with E-state index in [4.69, 9.17) is 11.6 Å². The Kier molecular flexibility index (Phi) is 4.28. The highest BCUT2D eigenvalue weighted by atomic mass is 35.5. The van der Waals surface area contributed by atoms with E-state index < -0.39 is 0 Å². The molecule has 1 aliphatic heterocycles. The van der Waals surface area contributed by atoms with Crippen molar-refractivity contribution in [3.05, 3.63) is 30.3 Å². The number of amides is 1. The molecule has 0 bridgehead atoms. The van der Waals surface area contributed by atoms with Gasteiger partial charge in [0.2, 0.25) is 0 Å². The summed E-state index contributed by atoms with van der Waals surface area (Å²) in [5.41, 5.74) is 3.75. The Hall–Kier alpha value is -1.20. The Morgan fingerprint density at radius 1 is 1.47 bits per heavy atom. The van der Waals surface area contributed by atoms with Crippen LogP contribution in [0.25, 0.3) is 0 Å². The van der Waals surface area contributed by atoms with Crippen molar-refractivity contribution in [3.63, 3.8) is 0 Å². The topological polar surface area (TPSA) is 44.7 Å². The predicted molar refractivity (Wildman–Crippen MR) is 72.5 cm³/mol. The summed E-state index contributed by atoms with van der Waals surface area (Å²) in [6, 6.07) is 9.33. The molecule has 0 radical (unpaired) electrons. The van der Waals surface area contributed by atoms with E-state index >= 15 is 0 Å². The highest BCUT2D eigenvalue weighted by molar-refractivity contribution is 8.14. The molecule has 0 saturated carbocycles. The number of amidine groups is 1. The first-order valence-electron chi connectivity index (χ1n) is 5.19. The number of nitrogens with one attached hydrogen (secondary N) is 1. The third kappa shape index (κ3) is 3.14. The van der Waals surface area contributed by atoms with Crippen LogP contribution >= 0.6 is 23.4 Å². The van der Waals surface area contributed by atoms with Crippen LogP contribution in [0.4, 0.5) is 5.69 Å². The minimum absolute atomic E-state index is 0.0696. The maximum atomic E-state index is 11.8. The second-order valence-corrected chi connectivity index (χ2v) is 4.70. The van der Waals surface area contributed by atoms with Gasteiger partial charge in [-0.1, -0.05) is 30.0 Å². The number of hydrazine groups is 1. The molecule has 1 N–H and O–H groups in total. The fourth-order valence-corrected chi connectivity index (χ4v) is 2.24. The first-order valence-corrected chi connectivity index (χ1v) is 6.71. The molecular formula is C11H12ClN3OS. The lowest BCUT2D eigenvalue weighted by Gasteiger charge is -2.22. The maximum Gasteiger partial charge on any atom is 0.260 e. The maximum absolute atomic E-state index is 11.8. The summed E-state index contributed by atoms with van der Waals surface area (Å²) in [6.45, 7) is 0.782. The van der Waals surface area contributed by atoms with Crippen molar-refractivity contribution >= 4 is 40.1 Å². The lowest BCUT2D eigenvalue weighted by atomic mass is 10.3. The number of para-hydroxylation sites is 1. The molecule has 1 amide bonds. The number of benzene rings is 1. The number of hydrogen-bond acceptors (Lipinski definition) is 4. The fraction of sp³-hybridized carbons (Fsp3) is 0.273. The minimum Gasteiger partial charge on any atom is -0.271 e. The van der Waals surface area contributed by atoms with Crippen LogP contribution < -0.4 is 10.4 Å². The average molecular weight is 270 g/mol. The van der Waals surface area contributed by atoms with Crippen molar-refractivity contribution < 1.29 is 4.79 Å².